The molecule has 0 aliphatic rings. The highest BCUT2D eigenvalue weighted by molar-refractivity contribution is 5.83. The van der Waals surface area contributed by atoms with E-state index < -0.39 is 54.3 Å². The number of nitrogens with one attached hydrogen (secondary N) is 1. The summed E-state index contributed by atoms with van der Waals surface area (Å²) in [7, 11) is 0. The Morgan fingerprint density at radius 1 is 0.581 bits per heavy atom. The van der Waals surface area contributed by atoms with Crippen LogP contribution in [-0.4, -0.2) is 54.3 Å². The molecule has 0 rings (SSSR count). The van der Waals surface area contributed by atoms with E-state index in [2.05, 4.69) is 5.84 Å². The van der Waals surface area contributed by atoms with Gasteiger partial charge in [0.25, 0.3) is 0 Å². The number of rotatable bonds is 7. The number of carbonyl (C=O) groups excluding carboxylic acids is 1. The summed E-state index contributed by atoms with van der Waals surface area (Å²) in [6, 6.07) is 0. The minimum Gasteiger partial charge on any atom is -0.289 e. The van der Waals surface area contributed by atoms with Crippen molar-refractivity contribution in [2.45, 2.75) is 48.4 Å². The first-order valence-electron chi connectivity index (χ1n) is 6.27. The molecule has 5 nitrogen and oxygen atoms in total. The molecular weight excluding hydrogens is 507 g/mol. The highest BCUT2D eigenvalue weighted by Gasteiger charge is 2.85. The SMILES string of the molecule is NNC(=O)C(F)(OC(F)(F)C(F)(OC(F)(F)C(F)(F)C(F)(F)F)C(F)(F)F)C(F)(F)F. The summed E-state index contributed by atoms with van der Waals surface area (Å²) in [5.41, 5.74) is 0.0636. The highest BCUT2D eigenvalue weighted by Crippen LogP contribution is 2.56. The van der Waals surface area contributed by atoms with Gasteiger partial charge in [0.1, 0.15) is 0 Å². The molecule has 1 amide bonds. The zero-order valence-corrected chi connectivity index (χ0v) is 13.2. The van der Waals surface area contributed by atoms with Crippen molar-refractivity contribution in [2.24, 2.45) is 5.84 Å². The predicted octanol–water partition coefficient (Wildman–Crippen LogP) is 3.85. The number of hydrogen-bond donors (Lipinski definition) is 2. The number of nitrogens with two attached hydrogens (primary N) is 1. The normalized spacial score (nSPS) is 18.9. The van der Waals surface area contributed by atoms with Crippen LogP contribution in [0, 0.1) is 0 Å². The Morgan fingerprint density at radius 2 is 0.968 bits per heavy atom. The molecule has 0 spiro atoms. The van der Waals surface area contributed by atoms with Crippen LogP contribution in [0.3, 0.4) is 0 Å². The van der Waals surface area contributed by atoms with Crippen LogP contribution >= 0.6 is 0 Å². The van der Waals surface area contributed by atoms with Gasteiger partial charge in [-0.2, -0.15) is 74.6 Å². The summed E-state index contributed by atoms with van der Waals surface area (Å²) in [4.78, 5) is 10.7. The van der Waals surface area contributed by atoms with Gasteiger partial charge in [-0.1, -0.05) is 0 Å². The van der Waals surface area contributed by atoms with Gasteiger partial charge in [-0.05, 0) is 0 Å². The fourth-order valence-corrected chi connectivity index (χ4v) is 1.26. The molecule has 2 unspecified atom stereocenters. The van der Waals surface area contributed by atoms with Gasteiger partial charge in [0.2, 0.25) is 0 Å². The monoisotopic (exact) mass is 510 g/mol. The van der Waals surface area contributed by atoms with E-state index in [1.165, 1.54) is 4.74 Å². The Balaban J connectivity index is 6.69. The maximum atomic E-state index is 13.7. The van der Waals surface area contributed by atoms with Crippen molar-refractivity contribution >= 4 is 5.91 Å². The Kier molecular flexibility index (Phi) is 7.18. The van der Waals surface area contributed by atoms with E-state index in [-0.39, 0.29) is 5.43 Å². The van der Waals surface area contributed by atoms with Gasteiger partial charge in [0.15, 0.2) is 0 Å². The summed E-state index contributed by atoms with van der Waals surface area (Å²) >= 11 is 0. The third-order valence-electron chi connectivity index (χ3n) is 2.79. The Hall–Kier alpha value is -1.84. The van der Waals surface area contributed by atoms with Gasteiger partial charge >= 0.3 is 54.3 Å². The van der Waals surface area contributed by atoms with E-state index in [0.29, 0.717) is 0 Å². The van der Waals surface area contributed by atoms with Crippen molar-refractivity contribution in [3.8, 4) is 0 Å². The first-order chi connectivity index (χ1) is 13.1. The molecule has 31 heavy (non-hydrogen) atoms. The van der Waals surface area contributed by atoms with Crippen molar-refractivity contribution in [3.63, 3.8) is 0 Å². The third kappa shape index (κ3) is 4.83. The van der Waals surface area contributed by atoms with Crippen LogP contribution in [0.15, 0.2) is 0 Å². The summed E-state index contributed by atoms with van der Waals surface area (Å²) in [6.07, 6.45) is -38.5. The van der Waals surface area contributed by atoms with Crippen LogP contribution in [-0.2, 0) is 14.3 Å². The molecule has 186 valence electrons. The molecule has 0 heterocycles. The van der Waals surface area contributed by atoms with Crippen LogP contribution in [0.2, 0.25) is 0 Å². The minimum absolute atomic E-state index is 0.0636. The lowest BCUT2D eigenvalue weighted by molar-refractivity contribution is -0.548. The van der Waals surface area contributed by atoms with Gasteiger partial charge in [0, 0.05) is 0 Å². The molecule has 22 heteroatoms. The number of amides is 1. The summed E-state index contributed by atoms with van der Waals surface area (Å²) in [5, 5.41) is 0. The molecule has 0 bridgehead atoms. The predicted molar refractivity (Wildman–Crippen MR) is 55.2 cm³/mol. The van der Waals surface area contributed by atoms with Crippen LogP contribution < -0.4 is 11.3 Å². The summed E-state index contributed by atoms with van der Waals surface area (Å²) in [5.74, 6) is -22.5. The number of hydrazine groups is 1. The fourth-order valence-electron chi connectivity index (χ4n) is 1.26. The van der Waals surface area contributed by atoms with E-state index in [0.717, 1.165) is 0 Å². The average molecular weight is 510 g/mol. The number of halogens is 17. The first kappa shape index (κ1) is 29.2. The molecule has 0 aliphatic carbocycles. The van der Waals surface area contributed by atoms with Crippen molar-refractivity contribution < 1.29 is 88.9 Å². The maximum absolute atomic E-state index is 13.7. The lowest BCUT2D eigenvalue weighted by Gasteiger charge is -2.40. The van der Waals surface area contributed by atoms with Crippen LogP contribution in [0.5, 0.6) is 0 Å². The molecular formula is C9H3F17N2O3. The van der Waals surface area contributed by atoms with Gasteiger partial charge in [-0.3, -0.25) is 19.7 Å². The number of hydrogen-bond acceptors (Lipinski definition) is 4. The minimum atomic E-state index is -8.05. The van der Waals surface area contributed by atoms with Gasteiger partial charge < -0.3 is 0 Å². The van der Waals surface area contributed by atoms with Crippen molar-refractivity contribution in [3.05, 3.63) is 0 Å². The zero-order chi connectivity index (χ0) is 25.7. The lowest BCUT2D eigenvalue weighted by Crippen LogP contribution is -2.69. The van der Waals surface area contributed by atoms with E-state index in [4.69, 9.17) is 0 Å². The second-order valence-corrected chi connectivity index (χ2v) is 4.97. The topological polar surface area (TPSA) is 73.6 Å². The van der Waals surface area contributed by atoms with Gasteiger partial charge in [-0.25, -0.2) is 5.84 Å². The summed E-state index contributed by atoms with van der Waals surface area (Å²) < 4.78 is 218. The van der Waals surface area contributed by atoms with Crippen molar-refractivity contribution in [1.82, 2.24) is 5.43 Å². The van der Waals surface area contributed by atoms with E-state index in [1.807, 2.05) is 0 Å². The highest BCUT2D eigenvalue weighted by atomic mass is 19.4. The third-order valence-corrected chi connectivity index (χ3v) is 2.79. The molecule has 0 aromatic carbocycles. The van der Waals surface area contributed by atoms with E-state index in [1.54, 1.807) is 4.74 Å². The fraction of sp³-hybridized carbons (Fsp3) is 0.889. The maximum Gasteiger partial charge on any atom is 0.462 e. The quantitative estimate of drug-likeness (QED) is 0.237. The Labute approximate surface area is 156 Å². The molecule has 0 saturated heterocycles. The van der Waals surface area contributed by atoms with Crippen molar-refractivity contribution in [1.29, 1.82) is 0 Å². The van der Waals surface area contributed by atoms with Crippen molar-refractivity contribution in [2.75, 3.05) is 0 Å². The van der Waals surface area contributed by atoms with Crippen LogP contribution in [0.4, 0.5) is 74.6 Å². The Morgan fingerprint density at radius 3 is 1.23 bits per heavy atom. The van der Waals surface area contributed by atoms with Crippen LogP contribution in [0.25, 0.3) is 0 Å². The largest absolute Gasteiger partial charge is 0.462 e. The molecule has 0 aromatic heterocycles. The standard InChI is InChI=1S/C9H3F17N2O3/c10-2(1(29)28-27,5(14,15)16)30-9(25,26)4(13,7(20,21)22)31-8(23,24)3(11,12)6(17,18)19/h27H2,(H,28,29). The number of ether oxygens (including phenoxy) is 2. The summed E-state index contributed by atoms with van der Waals surface area (Å²) in [6.45, 7) is 0. The molecule has 0 aromatic rings. The van der Waals surface area contributed by atoms with Crippen LogP contribution in [0.1, 0.15) is 0 Å². The van der Waals surface area contributed by atoms with Gasteiger partial charge in [-0.15, -0.1) is 0 Å². The lowest BCUT2D eigenvalue weighted by atomic mass is 10.2. The smallest absolute Gasteiger partial charge is 0.289 e. The number of carbonyl (C=O) groups is 1. The molecule has 0 saturated carbocycles. The van der Waals surface area contributed by atoms with E-state index in [9.17, 15) is 79.4 Å². The zero-order valence-electron chi connectivity index (χ0n) is 13.2. The molecule has 3 N–H and O–H groups in total. The molecule has 0 fully saturated rings. The second-order valence-electron chi connectivity index (χ2n) is 4.97. The second kappa shape index (κ2) is 7.64. The van der Waals surface area contributed by atoms with E-state index >= 15 is 0 Å². The Bertz CT molecular complexity index is 669. The molecule has 2 atom stereocenters. The van der Waals surface area contributed by atoms with Gasteiger partial charge in [0.05, 0.1) is 0 Å². The molecule has 0 aliphatic heterocycles. The average Bonchev–Trinajstić information content (AvgIpc) is 2.49. The first-order valence-corrected chi connectivity index (χ1v) is 6.27. The number of alkyl halides is 17. The molecule has 0 radical (unpaired) electrons.